The zero-order valence-corrected chi connectivity index (χ0v) is 15.3. The van der Waals surface area contributed by atoms with Crippen LogP contribution in [0.15, 0.2) is 33.5 Å². The first-order chi connectivity index (χ1) is 13.1. The summed E-state index contributed by atoms with van der Waals surface area (Å²) >= 11 is 0. The number of carbonyl (C=O) groups excluding carboxylic acids is 1. The van der Waals surface area contributed by atoms with Crippen LogP contribution in [0, 0.1) is 0 Å². The molecule has 2 aromatic heterocycles. The minimum atomic E-state index is -0.600. The van der Waals surface area contributed by atoms with Crippen molar-refractivity contribution >= 4 is 33.9 Å². The van der Waals surface area contributed by atoms with E-state index in [2.05, 4.69) is 4.98 Å². The molecule has 3 aromatic rings. The van der Waals surface area contributed by atoms with Crippen LogP contribution in [-0.2, 0) is 4.74 Å². The molecule has 0 radical (unpaired) electrons. The molecule has 4 rings (SSSR count). The summed E-state index contributed by atoms with van der Waals surface area (Å²) in [5.74, 6) is -0.100. The highest BCUT2D eigenvalue weighted by Gasteiger charge is 2.20. The third-order valence-corrected chi connectivity index (χ3v) is 5.29. The maximum absolute atomic E-state index is 12.9. The number of ether oxygens (including phenoxy) is 1. The van der Waals surface area contributed by atoms with E-state index >= 15 is 0 Å². The van der Waals surface area contributed by atoms with Crippen LogP contribution < -0.4 is 11.2 Å². The lowest BCUT2D eigenvalue weighted by molar-refractivity contribution is 0.0527. The first-order valence-electron chi connectivity index (χ1n) is 9.42. The van der Waals surface area contributed by atoms with Gasteiger partial charge in [-0.15, -0.1) is 0 Å². The van der Waals surface area contributed by atoms with Crippen molar-refractivity contribution in [3.63, 3.8) is 0 Å². The molecule has 1 aromatic carbocycles. The number of nitrogen functional groups attached to an aromatic ring is 1. The van der Waals surface area contributed by atoms with Crippen LogP contribution in [0.25, 0.3) is 22.1 Å². The van der Waals surface area contributed by atoms with Crippen molar-refractivity contribution in [3.8, 4) is 0 Å². The molecule has 2 heterocycles. The van der Waals surface area contributed by atoms with Crippen molar-refractivity contribution in [3.05, 3.63) is 45.6 Å². The molecule has 1 fully saturated rings. The van der Waals surface area contributed by atoms with E-state index in [-0.39, 0.29) is 34.5 Å². The van der Waals surface area contributed by atoms with Gasteiger partial charge in [-0.1, -0.05) is 25.3 Å². The van der Waals surface area contributed by atoms with Gasteiger partial charge in [-0.3, -0.25) is 4.79 Å². The topological polar surface area (TPSA) is 95.4 Å². The summed E-state index contributed by atoms with van der Waals surface area (Å²) in [6.45, 7) is 1.92. The van der Waals surface area contributed by atoms with Crippen LogP contribution in [0.3, 0.4) is 0 Å². The molecule has 6 heteroatoms. The number of nitrogens with two attached hydrogens (primary N) is 1. The number of benzene rings is 1. The molecule has 0 atom stereocenters. The fourth-order valence-corrected chi connectivity index (χ4v) is 3.87. The monoisotopic (exact) mass is 366 g/mol. The van der Waals surface area contributed by atoms with Crippen LogP contribution in [0.2, 0.25) is 0 Å². The van der Waals surface area contributed by atoms with Crippen LogP contribution >= 0.6 is 0 Å². The number of fused-ring (bicyclic) bond motifs is 2. The number of carbonyl (C=O) groups is 1. The van der Waals surface area contributed by atoms with E-state index in [1.54, 1.807) is 6.92 Å². The van der Waals surface area contributed by atoms with Crippen molar-refractivity contribution < 1.29 is 13.9 Å². The maximum Gasteiger partial charge on any atom is 0.341 e. The Balaban J connectivity index is 1.85. The predicted octanol–water partition coefficient (Wildman–Crippen LogP) is 4.15. The minimum absolute atomic E-state index is 0.00751. The van der Waals surface area contributed by atoms with E-state index in [0.717, 1.165) is 12.8 Å². The molecule has 0 saturated heterocycles. The van der Waals surface area contributed by atoms with Gasteiger partial charge in [-0.05, 0) is 49.4 Å². The highest BCUT2D eigenvalue weighted by Crippen LogP contribution is 2.34. The van der Waals surface area contributed by atoms with Crippen molar-refractivity contribution in [2.24, 2.45) is 0 Å². The lowest BCUT2D eigenvalue weighted by atomic mass is 9.84. The molecule has 2 N–H and O–H groups in total. The highest BCUT2D eigenvalue weighted by molar-refractivity contribution is 5.99. The molecule has 6 nitrogen and oxygen atoms in total. The summed E-state index contributed by atoms with van der Waals surface area (Å²) in [5, 5.41) is 0.702. The summed E-state index contributed by atoms with van der Waals surface area (Å²) in [6, 6.07) is 7.18. The van der Waals surface area contributed by atoms with Gasteiger partial charge in [0.2, 0.25) is 11.1 Å². The summed E-state index contributed by atoms with van der Waals surface area (Å²) in [6.07, 6.45) is 6.09. The Kier molecular flexibility index (Phi) is 4.56. The Labute approximate surface area is 156 Å². The lowest BCUT2D eigenvalue weighted by Gasteiger charge is -2.22. The molecule has 1 aliphatic rings. The summed E-state index contributed by atoms with van der Waals surface area (Å²) in [5.41, 5.74) is 7.58. The van der Waals surface area contributed by atoms with Gasteiger partial charge >= 0.3 is 5.97 Å². The third kappa shape index (κ3) is 3.16. The molecule has 0 aliphatic heterocycles. The number of nitrogens with zero attached hydrogens (tertiary/aromatic N) is 1. The number of aromatic nitrogens is 1. The molecular weight excluding hydrogens is 344 g/mol. The van der Waals surface area contributed by atoms with E-state index in [4.69, 9.17) is 14.9 Å². The number of rotatable bonds is 3. The van der Waals surface area contributed by atoms with Gasteiger partial charge in [-0.25, -0.2) is 4.79 Å². The number of hydrogen-bond acceptors (Lipinski definition) is 6. The number of anilines is 1. The third-order valence-electron chi connectivity index (χ3n) is 5.29. The zero-order chi connectivity index (χ0) is 19.0. The summed E-state index contributed by atoms with van der Waals surface area (Å²) in [4.78, 5) is 29.1. The largest absolute Gasteiger partial charge is 0.462 e. The van der Waals surface area contributed by atoms with Gasteiger partial charge in [0.15, 0.2) is 0 Å². The Bertz CT molecular complexity index is 1080. The van der Waals surface area contributed by atoms with Gasteiger partial charge in [0.25, 0.3) is 0 Å². The molecule has 0 unspecified atom stereocenters. The second kappa shape index (κ2) is 7.02. The molecule has 1 aliphatic carbocycles. The van der Waals surface area contributed by atoms with E-state index in [1.807, 2.05) is 18.2 Å². The lowest BCUT2D eigenvalue weighted by Crippen LogP contribution is -2.12. The first-order valence-corrected chi connectivity index (χ1v) is 9.42. The molecule has 0 amide bonds. The average molecular weight is 366 g/mol. The van der Waals surface area contributed by atoms with Crippen LogP contribution in [0.1, 0.15) is 60.9 Å². The first kappa shape index (κ1) is 17.5. The molecule has 0 bridgehead atoms. The normalized spacial score (nSPS) is 15.3. The van der Waals surface area contributed by atoms with Gasteiger partial charge in [0, 0.05) is 0 Å². The SMILES string of the molecule is CCOC(=O)c1cc2c(=O)c3ccc(C4CCCCC4)cc3oc2nc1N. The maximum atomic E-state index is 12.9. The number of pyridine rings is 1. The standard InChI is InChI=1S/C21H22N2O4/c1-2-26-21(25)16-11-15-18(24)14-9-8-13(12-6-4-3-5-7-12)10-17(14)27-20(15)23-19(16)22/h8-12H,2-7H2,1H3,(H2,22,23). The Morgan fingerprint density at radius 2 is 2.00 bits per heavy atom. The molecular formula is C21H22N2O4. The molecule has 1 saturated carbocycles. The van der Waals surface area contributed by atoms with E-state index < -0.39 is 5.97 Å². The van der Waals surface area contributed by atoms with Crippen molar-refractivity contribution in [1.29, 1.82) is 0 Å². The Hall–Kier alpha value is -2.89. The summed E-state index contributed by atoms with van der Waals surface area (Å²) < 4.78 is 10.9. The quantitative estimate of drug-likeness (QED) is 0.553. The minimum Gasteiger partial charge on any atom is -0.462 e. The second-order valence-corrected chi connectivity index (χ2v) is 7.02. The predicted molar refractivity (Wildman–Crippen MR) is 104 cm³/mol. The van der Waals surface area contributed by atoms with Crippen molar-refractivity contribution in [2.75, 3.05) is 12.3 Å². The fourth-order valence-electron chi connectivity index (χ4n) is 3.87. The van der Waals surface area contributed by atoms with E-state index in [9.17, 15) is 9.59 Å². The highest BCUT2D eigenvalue weighted by atomic mass is 16.5. The Morgan fingerprint density at radius 1 is 1.22 bits per heavy atom. The summed E-state index contributed by atoms with van der Waals surface area (Å²) in [7, 11) is 0. The number of esters is 1. The van der Waals surface area contributed by atoms with Crippen molar-refractivity contribution in [1.82, 2.24) is 4.98 Å². The fraction of sp³-hybridized carbons (Fsp3) is 0.381. The number of hydrogen-bond donors (Lipinski definition) is 1. The van der Waals surface area contributed by atoms with Gasteiger partial charge in [0.05, 0.1) is 17.4 Å². The molecule has 27 heavy (non-hydrogen) atoms. The van der Waals surface area contributed by atoms with Crippen LogP contribution in [0.4, 0.5) is 5.82 Å². The van der Waals surface area contributed by atoms with Crippen molar-refractivity contribution in [2.45, 2.75) is 44.9 Å². The Morgan fingerprint density at radius 3 is 2.74 bits per heavy atom. The molecule has 140 valence electrons. The average Bonchev–Trinajstić information content (AvgIpc) is 2.68. The van der Waals surface area contributed by atoms with Crippen LogP contribution in [-0.4, -0.2) is 17.6 Å². The second-order valence-electron chi connectivity index (χ2n) is 7.02. The van der Waals surface area contributed by atoms with Gasteiger partial charge in [0.1, 0.15) is 17.0 Å². The van der Waals surface area contributed by atoms with E-state index in [0.29, 0.717) is 16.9 Å². The van der Waals surface area contributed by atoms with E-state index in [1.165, 1.54) is 30.9 Å². The smallest absolute Gasteiger partial charge is 0.341 e. The van der Waals surface area contributed by atoms with Crippen LogP contribution in [0.5, 0.6) is 0 Å². The van der Waals surface area contributed by atoms with Gasteiger partial charge in [-0.2, -0.15) is 4.98 Å². The van der Waals surface area contributed by atoms with Gasteiger partial charge < -0.3 is 14.9 Å². The zero-order valence-electron chi connectivity index (χ0n) is 15.3. The molecule has 0 spiro atoms.